The van der Waals surface area contributed by atoms with Crippen molar-refractivity contribution < 1.29 is 23.1 Å². The second-order valence-electron chi connectivity index (χ2n) is 5.12. The van der Waals surface area contributed by atoms with Gasteiger partial charge in [0.2, 0.25) is 0 Å². The largest absolute Gasteiger partial charge is 0.479 e. The third kappa shape index (κ3) is 3.17. The van der Waals surface area contributed by atoms with E-state index < -0.39 is 12.1 Å². The molecule has 124 valence electrons. The first-order valence-electron chi connectivity index (χ1n) is 7.53. The van der Waals surface area contributed by atoms with Gasteiger partial charge in [-0.2, -0.15) is 0 Å². The van der Waals surface area contributed by atoms with Gasteiger partial charge in [0.05, 0.1) is 18.3 Å². The molecule has 0 N–H and O–H groups in total. The summed E-state index contributed by atoms with van der Waals surface area (Å²) in [4.78, 5) is 23.9. The van der Waals surface area contributed by atoms with Crippen molar-refractivity contribution >= 4 is 16.9 Å². The maximum atomic E-state index is 12.3. The van der Waals surface area contributed by atoms with Gasteiger partial charge in [0.25, 0.3) is 0 Å². The van der Waals surface area contributed by atoms with E-state index in [0.717, 1.165) is 0 Å². The average Bonchev–Trinajstić information content (AvgIpc) is 3.10. The predicted octanol–water partition coefficient (Wildman–Crippen LogP) is 3.38. The Morgan fingerprint density at radius 3 is 2.75 bits per heavy atom. The molecule has 24 heavy (non-hydrogen) atoms. The molecule has 0 saturated carbocycles. The molecule has 0 aliphatic carbocycles. The van der Waals surface area contributed by atoms with E-state index >= 15 is 0 Å². The molecule has 0 bridgehead atoms. The van der Waals surface area contributed by atoms with Crippen LogP contribution < -0.4 is 10.2 Å². The summed E-state index contributed by atoms with van der Waals surface area (Å²) in [6, 6.07) is 9.58. The van der Waals surface area contributed by atoms with Crippen LogP contribution in [0.1, 0.15) is 13.8 Å². The van der Waals surface area contributed by atoms with Gasteiger partial charge >= 0.3 is 5.97 Å². The quantitative estimate of drug-likeness (QED) is 0.668. The number of ether oxygens (including phenoxy) is 2. The number of carbonyl (C=O) groups excluding carboxylic acids is 1. The summed E-state index contributed by atoms with van der Waals surface area (Å²) >= 11 is 0. The number of fused-ring (bicyclic) bond motifs is 1. The first kappa shape index (κ1) is 15.9. The van der Waals surface area contributed by atoms with Crippen LogP contribution >= 0.6 is 0 Å². The van der Waals surface area contributed by atoms with Crippen LogP contribution in [0.15, 0.2) is 56.3 Å². The first-order valence-corrected chi connectivity index (χ1v) is 7.53. The smallest absolute Gasteiger partial charge is 0.347 e. The molecule has 3 aromatic rings. The van der Waals surface area contributed by atoms with Crippen LogP contribution in [0.5, 0.6) is 5.75 Å². The Bertz CT molecular complexity index is 907. The molecule has 0 saturated heterocycles. The maximum Gasteiger partial charge on any atom is 0.347 e. The van der Waals surface area contributed by atoms with E-state index in [1.807, 2.05) is 0 Å². The minimum atomic E-state index is -0.767. The van der Waals surface area contributed by atoms with E-state index in [9.17, 15) is 9.59 Å². The highest BCUT2D eigenvalue weighted by Gasteiger charge is 2.16. The third-order valence-electron chi connectivity index (χ3n) is 3.39. The second kappa shape index (κ2) is 6.62. The van der Waals surface area contributed by atoms with Crippen molar-refractivity contribution in [2.24, 2.45) is 0 Å². The fourth-order valence-corrected chi connectivity index (χ4v) is 2.26. The second-order valence-corrected chi connectivity index (χ2v) is 5.12. The van der Waals surface area contributed by atoms with Crippen molar-refractivity contribution in [2.45, 2.75) is 20.0 Å². The van der Waals surface area contributed by atoms with E-state index in [-0.39, 0.29) is 12.0 Å². The molecule has 2 heterocycles. The van der Waals surface area contributed by atoms with Crippen LogP contribution in [0.3, 0.4) is 0 Å². The normalized spacial score (nSPS) is 12.1. The maximum absolute atomic E-state index is 12.3. The number of hydrogen-bond donors (Lipinski definition) is 0. The van der Waals surface area contributed by atoms with Crippen LogP contribution in [0, 0.1) is 0 Å². The van der Waals surface area contributed by atoms with E-state index in [1.54, 1.807) is 44.2 Å². The molecular formula is C18H16O6. The fraction of sp³-hybridized carbons (Fsp3) is 0.222. The van der Waals surface area contributed by atoms with Crippen molar-refractivity contribution in [3.8, 4) is 17.3 Å². The zero-order chi connectivity index (χ0) is 17.1. The lowest BCUT2D eigenvalue weighted by atomic mass is 10.2. The topological polar surface area (TPSA) is 78.9 Å². The number of benzene rings is 1. The van der Waals surface area contributed by atoms with E-state index in [0.29, 0.717) is 28.2 Å². The summed E-state index contributed by atoms with van der Waals surface area (Å²) in [7, 11) is 0. The van der Waals surface area contributed by atoms with Gasteiger partial charge in [0, 0.05) is 6.07 Å². The number of esters is 1. The lowest BCUT2D eigenvalue weighted by Crippen LogP contribution is -2.26. The Kier molecular flexibility index (Phi) is 4.37. The zero-order valence-corrected chi connectivity index (χ0v) is 13.3. The number of hydrogen-bond acceptors (Lipinski definition) is 6. The van der Waals surface area contributed by atoms with Gasteiger partial charge < -0.3 is 18.3 Å². The summed E-state index contributed by atoms with van der Waals surface area (Å²) in [6.07, 6.45) is 0.740. The molecule has 2 aromatic heterocycles. The zero-order valence-electron chi connectivity index (χ0n) is 13.3. The molecular weight excluding hydrogens is 312 g/mol. The highest BCUT2D eigenvalue weighted by Crippen LogP contribution is 2.25. The molecule has 0 fully saturated rings. The standard InChI is InChI=1S/C18H16O6/c1-3-21-18(20)11(2)23-12-6-7-15-13(9-12)14(19)10-17(24-15)16-5-4-8-22-16/h4-11H,3H2,1-2H3/t11-/m1/s1. The monoisotopic (exact) mass is 328 g/mol. The molecule has 3 rings (SSSR count). The Labute approximate surface area is 137 Å². The molecule has 0 aliphatic heterocycles. The van der Waals surface area contributed by atoms with Crippen LogP contribution in [0.4, 0.5) is 0 Å². The summed E-state index contributed by atoms with van der Waals surface area (Å²) in [5.74, 6) is 0.759. The molecule has 0 aliphatic rings. The number of carbonyl (C=O) groups is 1. The summed E-state index contributed by atoms with van der Waals surface area (Å²) in [5.41, 5.74) is 0.182. The SMILES string of the molecule is CCOC(=O)[C@@H](C)Oc1ccc2oc(-c3ccco3)cc(=O)c2c1. The summed E-state index contributed by atoms with van der Waals surface area (Å²) in [5, 5.41) is 0.360. The van der Waals surface area contributed by atoms with Gasteiger partial charge in [-0.25, -0.2) is 4.79 Å². The van der Waals surface area contributed by atoms with Gasteiger partial charge in [-0.05, 0) is 44.2 Å². The minimum absolute atomic E-state index is 0.225. The minimum Gasteiger partial charge on any atom is -0.479 e. The summed E-state index contributed by atoms with van der Waals surface area (Å²) < 4.78 is 21.3. The third-order valence-corrected chi connectivity index (χ3v) is 3.39. The number of furan rings is 1. The van der Waals surface area contributed by atoms with Crippen LogP contribution in [-0.4, -0.2) is 18.7 Å². The van der Waals surface area contributed by atoms with Gasteiger partial charge in [0.15, 0.2) is 23.1 Å². The van der Waals surface area contributed by atoms with Gasteiger partial charge in [-0.1, -0.05) is 0 Å². The highest BCUT2D eigenvalue weighted by atomic mass is 16.6. The van der Waals surface area contributed by atoms with E-state index in [4.69, 9.17) is 18.3 Å². The Morgan fingerprint density at radius 1 is 1.21 bits per heavy atom. The van der Waals surface area contributed by atoms with Crippen molar-refractivity contribution in [1.29, 1.82) is 0 Å². The molecule has 0 radical (unpaired) electrons. The Morgan fingerprint density at radius 2 is 2.04 bits per heavy atom. The molecule has 0 spiro atoms. The molecule has 0 amide bonds. The van der Waals surface area contributed by atoms with E-state index in [1.165, 1.54) is 12.3 Å². The Balaban J connectivity index is 1.92. The highest BCUT2D eigenvalue weighted by molar-refractivity contribution is 5.80. The van der Waals surface area contributed by atoms with Gasteiger partial charge in [-0.15, -0.1) is 0 Å². The lowest BCUT2D eigenvalue weighted by molar-refractivity contribution is -0.150. The fourth-order valence-electron chi connectivity index (χ4n) is 2.26. The molecule has 6 nitrogen and oxygen atoms in total. The Hall–Kier alpha value is -3.02. The van der Waals surface area contributed by atoms with Crippen molar-refractivity contribution in [3.05, 3.63) is 52.9 Å². The van der Waals surface area contributed by atoms with Crippen molar-refractivity contribution in [2.75, 3.05) is 6.61 Å². The molecule has 1 atom stereocenters. The van der Waals surface area contributed by atoms with Crippen LogP contribution in [0.25, 0.3) is 22.5 Å². The van der Waals surface area contributed by atoms with Crippen molar-refractivity contribution in [1.82, 2.24) is 0 Å². The lowest BCUT2D eigenvalue weighted by Gasteiger charge is -2.13. The van der Waals surface area contributed by atoms with Gasteiger partial charge in [-0.3, -0.25) is 4.79 Å². The van der Waals surface area contributed by atoms with Crippen LogP contribution in [-0.2, 0) is 9.53 Å². The molecule has 1 aromatic carbocycles. The predicted molar refractivity (Wildman–Crippen MR) is 86.9 cm³/mol. The first-order chi connectivity index (χ1) is 11.6. The molecule has 0 unspecified atom stereocenters. The van der Waals surface area contributed by atoms with Crippen LogP contribution in [0.2, 0.25) is 0 Å². The van der Waals surface area contributed by atoms with E-state index in [2.05, 4.69) is 0 Å². The summed E-state index contributed by atoms with van der Waals surface area (Å²) in [6.45, 7) is 3.59. The van der Waals surface area contributed by atoms with Gasteiger partial charge in [0.1, 0.15) is 11.3 Å². The number of rotatable bonds is 5. The molecule has 6 heteroatoms. The van der Waals surface area contributed by atoms with Crippen molar-refractivity contribution in [3.63, 3.8) is 0 Å². The average molecular weight is 328 g/mol.